The molecule has 0 radical (unpaired) electrons. The minimum atomic E-state index is -0.353. The summed E-state index contributed by atoms with van der Waals surface area (Å²) in [6.45, 7) is 1.35. The van der Waals surface area contributed by atoms with Crippen LogP contribution in [0.3, 0.4) is 0 Å². The number of aromatic nitrogens is 4. The van der Waals surface area contributed by atoms with E-state index in [1.807, 2.05) is 11.0 Å². The molecule has 1 saturated heterocycles. The number of rotatable bonds is 6. The second-order valence-electron chi connectivity index (χ2n) is 8.39. The first-order chi connectivity index (χ1) is 16.5. The lowest BCUT2D eigenvalue weighted by molar-refractivity contribution is -0.135. The van der Waals surface area contributed by atoms with Gasteiger partial charge in [0.05, 0.1) is 6.20 Å². The van der Waals surface area contributed by atoms with Crippen molar-refractivity contribution in [3.8, 4) is 17.3 Å². The van der Waals surface area contributed by atoms with Crippen molar-refractivity contribution in [2.24, 2.45) is 5.92 Å². The van der Waals surface area contributed by atoms with E-state index in [2.05, 4.69) is 9.97 Å². The van der Waals surface area contributed by atoms with E-state index >= 15 is 0 Å². The summed E-state index contributed by atoms with van der Waals surface area (Å²) < 4.78 is 21.0. The molecule has 4 heterocycles. The van der Waals surface area contributed by atoms with Gasteiger partial charge in [0.15, 0.2) is 12.4 Å². The van der Waals surface area contributed by atoms with E-state index in [1.54, 1.807) is 47.1 Å². The van der Waals surface area contributed by atoms with Crippen molar-refractivity contribution < 1.29 is 13.9 Å². The maximum Gasteiger partial charge on any atom is 0.260 e. The number of halogens is 2. The molecule has 1 aliphatic heterocycles. The highest BCUT2D eigenvalue weighted by Gasteiger charge is 2.25. The minimum Gasteiger partial charge on any atom is -0.484 e. The summed E-state index contributed by atoms with van der Waals surface area (Å²) in [6.07, 6.45) is 7.40. The fourth-order valence-corrected chi connectivity index (χ4v) is 4.48. The van der Waals surface area contributed by atoms with E-state index in [4.69, 9.17) is 21.3 Å². The normalized spacial score (nSPS) is 16.1. The Bertz CT molecular complexity index is 1330. The summed E-state index contributed by atoms with van der Waals surface area (Å²) in [6, 6.07) is 11.9. The maximum atomic E-state index is 13.7. The second kappa shape index (κ2) is 9.77. The van der Waals surface area contributed by atoms with Gasteiger partial charge in [-0.3, -0.25) is 9.20 Å². The highest BCUT2D eigenvalue weighted by atomic mass is 35.5. The molecule has 0 saturated carbocycles. The molecular formula is C25H23ClFN5O2. The Kier molecular flexibility index (Phi) is 6.40. The molecule has 9 heteroatoms. The number of benzene rings is 1. The number of nitrogens with zero attached hydrogens (tertiary/aromatic N) is 5. The number of ether oxygens (including phenoxy) is 1. The molecular weight excluding hydrogens is 457 g/mol. The van der Waals surface area contributed by atoms with Gasteiger partial charge < -0.3 is 9.64 Å². The number of fused-ring (bicyclic) bond motifs is 1. The first kappa shape index (κ1) is 22.3. The third kappa shape index (κ3) is 5.02. The lowest BCUT2D eigenvalue weighted by atomic mass is 9.93. The smallest absolute Gasteiger partial charge is 0.260 e. The zero-order chi connectivity index (χ0) is 23.5. The van der Waals surface area contributed by atoms with Gasteiger partial charge in [-0.05, 0) is 61.6 Å². The molecule has 174 valence electrons. The van der Waals surface area contributed by atoms with Gasteiger partial charge >= 0.3 is 0 Å². The van der Waals surface area contributed by atoms with Crippen molar-refractivity contribution in [2.75, 3.05) is 19.7 Å². The lowest BCUT2D eigenvalue weighted by Gasteiger charge is -2.32. The van der Waals surface area contributed by atoms with Gasteiger partial charge in [0, 0.05) is 36.2 Å². The predicted octanol–water partition coefficient (Wildman–Crippen LogP) is 4.44. The van der Waals surface area contributed by atoms with Crippen molar-refractivity contribution in [2.45, 2.75) is 19.3 Å². The SMILES string of the molecule is O=C(COc1cccc(Cl)c1)N1CCC[C@@H](Cc2ccnc(-c3cnc4ccc(F)cn34)n2)C1. The van der Waals surface area contributed by atoms with E-state index in [0.717, 1.165) is 31.5 Å². The molecule has 1 aliphatic rings. The number of hydrogen-bond acceptors (Lipinski definition) is 5. The molecule has 1 atom stereocenters. The summed E-state index contributed by atoms with van der Waals surface area (Å²) in [4.78, 5) is 28.0. The number of piperidine rings is 1. The van der Waals surface area contributed by atoms with E-state index in [-0.39, 0.29) is 24.2 Å². The fourth-order valence-electron chi connectivity index (χ4n) is 4.30. The van der Waals surface area contributed by atoms with E-state index in [9.17, 15) is 9.18 Å². The Labute approximate surface area is 201 Å². The third-order valence-electron chi connectivity index (χ3n) is 5.94. The molecule has 4 aromatic rings. The van der Waals surface area contributed by atoms with Gasteiger partial charge in [-0.2, -0.15) is 0 Å². The molecule has 0 bridgehead atoms. The van der Waals surface area contributed by atoms with Gasteiger partial charge in [-0.15, -0.1) is 0 Å². The Balaban J connectivity index is 1.24. The molecule has 0 unspecified atom stereocenters. The summed E-state index contributed by atoms with van der Waals surface area (Å²) in [5, 5.41) is 0.571. The van der Waals surface area contributed by atoms with Crippen LogP contribution < -0.4 is 4.74 Å². The number of imidazole rings is 1. The highest BCUT2D eigenvalue weighted by molar-refractivity contribution is 6.30. The van der Waals surface area contributed by atoms with Gasteiger partial charge in [0.2, 0.25) is 0 Å². The second-order valence-corrected chi connectivity index (χ2v) is 8.83. The molecule has 1 fully saturated rings. The lowest BCUT2D eigenvalue weighted by Crippen LogP contribution is -2.42. The minimum absolute atomic E-state index is 0.0183. The van der Waals surface area contributed by atoms with E-state index in [1.165, 1.54) is 12.3 Å². The number of carbonyl (C=O) groups is 1. The molecule has 1 aromatic carbocycles. The van der Waals surface area contributed by atoms with Crippen molar-refractivity contribution in [3.63, 3.8) is 0 Å². The molecule has 0 aliphatic carbocycles. The Morgan fingerprint density at radius 1 is 1.21 bits per heavy atom. The molecule has 3 aromatic heterocycles. The third-order valence-corrected chi connectivity index (χ3v) is 6.17. The van der Waals surface area contributed by atoms with Crippen LogP contribution in [0.4, 0.5) is 4.39 Å². The largest absolute Gasteiger partial charge is 0.484 e. The molecule has 7 nitrogen and oxygen atoms in total. The molecule has 0 N–H and O–H groups in total. The zero-order valence-electron chi connectivity index (χ0n) is 18.4. The number of pyridine rings is 1. The van der Waals surface area contributed by atoms with Crippen molar-refractivity contribution in [3.05, 3.63) is 77.6 Å². The number of carbonyl (C=O) groups excluding carboxylic acids is 1. The van der Waals surface area contributed by atoms with Gasteiger partial charge in [-0.1, -0.05) is 17.7 Å². The molecule has 1 amide bonds. The van der Waals surface area contributed by atoms with Crippen LogP contribution in [0.2, 0.25) is 5.02 Å². The summed E-state index contributed by atoms with van der Waals surface area (Å²) in [5.41, 5.74) is 2.15. The molecule has 5 rings (SSSR count). The van der Waals surface area contributed by atoms with Crippen LogP contribution in [0.1, 0.15) is 18.5 Å². The molecule has 34 heavy (non-hydrogen) atoms. The summed E-state index contributed by atoms with van der Waals surface area (Å²) >= 11 is 5.98. The van der Waals surface area contributed by atoms with Crippen molar-refractivity contribution in [1.82, 2.24) is 24.3 Å². The Hall–Kier alpha value is -3.52. The standard InChI is InChI=1S/C25H23ClFN5O2/c26-18-4-1-5-21(12-18)34-16-24(33)31-10-2-3-17(14-31)11-20-8-9-28-25(30-20)22-13-29-23-7-6-19(27)15-32(22)23/h1,4-9,12-13,15,17H,2-3,10-11,14,16H2/t17-/m0/s1. The summed E-state index contributed by atoms with van der Waals surface area (Å²) in [7, 11) is 0. The van der Waals surface area contributed by atoms with Crippen molar-refractivity contribution >= 4 is 23.2 Å². The van der Waals surface area contributed by atoms with Crippen LogP contribution >= 0.6 is 11.6 Å². The van der Waals surface area contributed by atoms with Crippen LogP contribution in [-0.4, -0.2) is 49.9 Å². The maximum absolute atomic E-state index is 13.7. The van der Waals surface area contributed by atoms with Gasteiger partial charge in [-0.25, -0.2) is 19.3 Å². The first-order valence-corrected chi connectivity index (χ1v) is 11.5. The number of hydrogen-bond donors (Lipinski definition) is 0. The van der Waals surface area contributed by atoms with E-state index in [0.29, 0.717) is 34.5 Å². The quantitative estimate of drug-likeness (QED) is 0.408. The van der Waals surface area contributed by atoms with Crippen LogP contribution in [0.25, 0.3) is 17.2 Å². The van der Waals surface area contributed by atoms with Crippen LogP contribution in [-0.2, 0) is 11.2 Å². The highest BCUT2D eigenvalue weighted by Crippen LogP contribution is 2.23. The van der Waals surface area contributed by atoms with Crippen LogP contribution in [0, 0.1) is 11.7 Å². The average Bonchev–Trinajstić information content (AvgIpc) is 3.26. The number of amides is 1. The average molecular weight is 480 g/mol. The monoisotopic (exact) mass is 479 g/mol. The van der Waals surface area contributed by atoms with Gasteiger partial charge in [0.1, 0.15) is 22.9 Å². The predicted molar refractivity (Wildman–Crippen MR) is 126 cm³/mol. The summed E-state index contributed by atoms with van der Waals surface area (Å²) in [5.74, 6) is 0.964. The first-order valence-electron chi connectivity index (χ1n) is 11.2. The Morgan fingerprint density at radius 3 is 3.00 bits per heavy atom. The number of likely N-dealkylation sites (tertiary alicyclic amines) is 1. The van der Waals surface area contributed by atoms with Crippen LogP contribution in [0.5, 0.6) is 5.75 Å². The van der Waals surface area contributed by atoms with Gasteiger partial charge in [0.25, 0.3) is 5.91 Å². The topological polar surface area (TPSA) is 72.6 Å². The fraction of sp³-hybridized carbons (Fsp3) is 0.280. The Morgan fingerprint density at radius 2 is 2.12 bits per heavy atom. The van der Waals surface area contributed by atoms with E-state index < -0.39 is 0 Å². The van der Waals surface area contributed by atoms with Crippen molar-refractivity contribution in [1.29, 1.82) is 0 Å². The zero-order valence-corrected chi connectivity index (χ0v) is 19.2. The molecule has 0 spiro atoms. The van der Waals surface area contributed by atoms with Crippen LogP contribution in [0.15, 0.2) is 61.1 Å².